The molecule has 33 heavy (non-hydrogen) atoms. The zero-order valence-corrected chi connectivity index (χ0v) is 20.4. The lowest BCUT2D eigenvalue weighted by atomic mass is 9.94. The summed E-state index contributed by atoms with van der Waals surface area (Å²) in [6.07, 6.45) is 0. The number of carbonyl (C=O) groups is 2. The minimum Gasteiger partial charge on any atom is -0.496 e. The van der Waals surface area contributed by atoms with E-state index in [9.17, 15) is 18.0 Å². The summed E-state index contributed by atoms with van der Waals surface area (Å²) in [6, 6.07) is 14.2. The van der Waals surface area contributed by atoms with Crippen LogP contribution in [0.5, 0.6) is 5.75 Å². The van der Waals surface area contributed by atoms with E-state index in [-0.39, 0.29) is 31.9 Å². The van der Waals surface area contributed by atoms with E-state index in [1.165, 1.54) is 11.8 Å². The number of amides is 2. The fraction of sp³-hybridized carbons (Fsp3) is 0.391. The van der Waals surface area contributed by atoms with E-state index in [1.807, 2.05) is 18.2 Å². The SMILES string of the molecule is CCS(=O)(=O)N1CC(=O)N(Cc2ccc(Cl)cc2)[C@@](C)(C(=O)NCc2ccccc2OC)C1. The highest BCUT2D eigenvalue weighted by Crippen LogP contribution is 2.28. The smallest absolute Gasteiger partial charge is 0.247 e. The fourth-order valence-corrected chi connectivity index (χ4v) is 5.07. The van der Waals surface area contributed by atoms with Crippen LogP contribution in [-0.4, -0.2) is 60.9 Å². The number of benzene rings is 2. The molecule has 2 aromatic carbocycles. The van der Waals surface area contributed by atoms with Gasteiger partial charge in [-0.1, -0.05) is 41.9 Å². The van der Waals surface area contributed by atoms with Crippen molar-refractivity contribution in [2.45, 2.75) is 32.5 Å². The summed E-state index contributed by atoms with van der Waals surface area (Å²) in [6.45, 7) is 2.98. The number of rotatable bonds is 8. The molecule has 1 heterocycles. The summed E-state index contributed by atoms with van der Waals surface area (Å²) in [5.41, 5.74) is 0.129. The van der Waals surface area contributed by atoms with Crippen molar-refractivity contribution in [2.24, 2.45) is 0 Å². The second-order valence-corrected chi connectivity index (χ2v) is 10.7. The zero-order valence-electron chi connectivity index (χ0n) is 18.9. The van der Waals surface area contributed by atoms with Crippen LogP contribution in [0, 0.1) is 0 Å². The third kappa shape index (κ3) is 5.48. The Morgan fingerprint density at radius 2 is 1.85 bits per heavy atom. The van der Waals surface area contributed by atoms with Crippen molar-refractivity contribution < 1.29 is 22.7 Å². The van der Waals surface area contributed by atoms with Crippen molar-refractivity contribution >= 4 is 33.4 Å². The molecular formula is C23H28ClN3O5S. The zero-order chi connectivity index (χ0) is 24.2. The molecule has 1 atom stereocenters. The molecule has 2 amide bonds. The second kappa shape index (κ2) is 10.1. The van der Waals surface area contributed by atoms with Crippen LogP contribution in [0.25, 0.3) is 0 Å². The molecule has 1 N–H and O–H groups in total. The Hall–Kier alpha value is -2.62. The van der Waals surface area contributed by atoms with Crippen LogP contribution < -0.4 is 10.1 Å². The van der Waals surface area contributed by atoms with Gasteiger partial charge in [-0.25, -0.2) is 8.42 Å². The maximum atomic E-state index is 13.5. The molecule has 8 nitrogen and oxygen atoms in total. The van der Waals surface area contributed by atoms with Gasteiger partial charge in [0, 0.05) is 30.2 Å². The number of methoxy groups -OCH3 is 1. The summed E-state index contributed by atoms with van der Waals surface area (Å²) in [5.74, 6) is -0.429. The molecule has 1 saturated heterocycles. The number of para-hydroxylation sites is 1. The number of hydrogen-bond donors (Lipinski definition) is 1. The van der Waals surface area contributed by atoms with Crippen LogP contribution in [0.4, 0.5) is 0 Å². The van der Waals surface area contributed by atoms with Crippen LogP contribution in [-0.2, 0) is 32.7 Å². The van der Waals surface area contributed by atoms with Gasteiger partial charge in [-0.15, -0.1) is 0 Å². The number of halogens is 1. The van der Waals surface area contributed by atoms with E-state index >= 15 is 0 Å². The van der Waals surface area contributed by atoms with E-state index < -0.39 is 27.4 Å². The van der Waals surface area contributed by atoms with Crippen molar-refractivity contribution in [1.29, 1.82) is 0 Å². The first-order chi connectivity index (χ1) is 15.6. The van der Waals surface area contributed by atoms with Crippen LogP contribution in [0.3, 0.4) is 0 Å². The molecule has 178 valence electrons. The van der Waals surface area contributed by atoms with E-state index in [2.05, 4.69) is 5.32 Å². The predicted octanol–water partition coefficient (Wildman–Crippen LogP) is 2.42. The molecule has 1 fully saturated rings. The number of carbonyl (C=O) groups excluding carboxylic acids is 2. The maximum Gasteiger partial charge on any atom is 0.247 e. The van der Waals surface area contributed by atoms with Crippen molar-refractivity contribution in [3.05, 3.63) is 64.7 Å². The van der Waals surface area contributed by atoms with Crippen LogP contribution in [0.15, 0.2) is 48.5 Å². The summed E-state index contributed by atoms with van der Waals surface area (Å²) >= 11 is 5.97. The number of sulfonamides is 1. The summed E-state index contributed by atoms with van der Waals surface area (Å²) in [5, 5.41) is 3.42. The van der Waals surface area contributed by atoms with Crippen LogP contribution in [0.1, 0.15) is 25.0 Å². The van der Waals surface area contributed by atoms with Gasteiger partial charge in [-0.2, -0.15) is 4.31 Å². The molecule has 0 bridgehead atoms. The molecule has 2 aromatic rings. The van der Waals surface area contributed by atoms with Gasteiger partial charge in [0.2, 0.25) is 21.8 Å². The minimum atomic E-state index is -3.67. The third-order valence-corrected chi connectivity index (χ3v) is 7.85. The lowest BCUT2D eigenvalue weighted by Gasteiger charge is -2.46. The maximum absolute atomic E-state index is 13.5. The Bertz CT molecular complexity index is 1120. The van der Waals surface area contributed by atoms with E-state index in [0.717, 1.165) is 15.4 Å². The number of nitrogens with zero attached hydrogens (tertiary/aromatic N) is 2. The Labute approximate surface area is 199 Å². The molecule has 0 radical (unpaired) electrons. The average Bonchev–Trinajstić information content (AvgIpc) is 2.81. The van der Waals surface area contributed by atoms with Gasteiger partial charge in [0.15, 0.2) is 0 Å². The highest BCUT2D eigenvalue weighted by Gasteiger charge is 2.49. The number of ether oxygens (including phenoxy) is 1. The largest absolute Gasteiger partial charge is 0.496 e. The first kappa shape index (κ1) is 25.0. The van der Waals surface area contributed by atoms with Gasteiger partial charge in [0.1, 0.15) is 11.3 Å². The van der Waals surface area contributed by atoms with E-state index in [4.69, 9.17) is 16.3 Å². The van der Waals surface area contributed by atoms with Gasteiger partial charge in [0.25, 0.3) is 0 Å². The molecule has 10 heteroatoms. The monoisotopic (exact) mass is 493 g/mol. The second-order valence-electron chi connectivity index (χ2n) is 8.04. The number of hydrogen-bond acceptors (Lipinski definition) is 5. The van der Waals surface area contributed by atoms with Gasteiger partial charge in [-0.05, 0) is 37.6 Å². The third-order valence-electron chi connectivity index (χ3n) is 5.83. The van der Waals surface area contributed by atoms with Crippen LogP contribution >= 0.6 is 11.6 Å². The van der Waals surface area contributed by atoms with Crippen molar-refractivity contribution in [1.82, 2.24) is 14.5 Å². The summed E-state index contributed by atoms with van der Waals surface area (Å²) in [4.78, 5) is 28.0. The quantitative estimate of drug-likeness (QED) is 0.609. The molecule has 3 rings (SSSR count). The normalized spacial score (nSPS) is 19.4. The van der Waals surface area contributed by atoms with Crippen molar-refractivity contribution in [3.63, 3.8) is 0 Å². The summed E-state index contributed by atoms with van der Waals surface area (Å²) in [7, 11) is -2.13. The molecule has 0 unspecified atom stereocenters. The molecule has 0 aliphatic carbocycles. The highest BCUT2D eigenvalue weighted by molar-refractivity contribution is 7.89. The highest BCUT2D eigenvalue weighted by atomic mass is 35.5. The van der Waals surface area contributed by atoms with Crippen LogP contribution in [0.2, 0.25) is 5.02 Å². The Morgan fingerprint density at radius 3 is 2.48 bits per heavy atom. The number of piperazine rings is 1. The van der Waals surface area contributed by atoms with Gasteiger partial charge >= 0.3 is 0 Å². The first-order valence-electron chi connectivity index (χ1n) is 10.5. The van der Waals surface area contributed by atoms with Gasteiger partial charge in [-0.3, -0.25) is 9.59 Å². The van der Waals surface area contributed by atoms with Gasteiger partial charge in [0.05, 0.1) is 19.4 Å². The summed E-state index contributed by atoms with van der Waals surface area (Å²) < 4.78 is 31.6. The van der Waals surface area contributed by atoms with E-state index in [0.29, 0.717) is 10.8 Å². The molecule has 1 aliphatic rings. The predicted molar refractivity (Wildman–Crippen MR) is 126 cm³/mol. The fourth-order valence-electron chi connectivity index (χ4n) is 3.82. The Balaban J connectivity index is 1.91. The minimum absolute atomic E-state index is 0.139. The molecule has 0 saturated carbocycles. The average molecular weight is 494 g/mol. The molecule has 0 aromatic heterocycles. The topological polar surface area (TPSA) is 96.0 Å². The molecule has 1 aliphatic heterocycles. The van der Waals surface area contributed by atoms with E-state index in [1.54, 1.807) is 44.4 Å². The molecule has 0 spiro atoms. The van der Waals surface area contributed by atoms with Gasteiger partial charge < -0.3 is 15.0 Å². The lowest BCUT2D eigenvalue weighted by Crippen LogP contribution is -2.69. The molecular weight excluding hydrogens is 466 g/mol. The lowest BCUT2D eigenvalue weighted by molar-refractivity contribution is -0.153. The Morgan fingerprint density at radius 1 is 1.18 bits per heavy atom. The number of nitrogens with one attached hydrogen (secondary N) is 1. The Kier molecular flexibility index (Phi) is 7.66. The van der Waals surface area contributed by atoms with Crippen molar-refractivity contribution in [3.8, 4) is 5.75 Å². The standard InChI is InChI=1S/C23H28ClN3O5S/c1-4-33(30,31)26-15-21(28)27(14-17-9-11-19(24)12-10-17)23(2,16-26)22(29)25-13-18-7-5-6-8-20(18)32-3/h5-12H,4,13-16H2,1-3H3,(H,25,29)/t23-/m1/s1. The first-order valence-corrected chi connectivity index (χ1v) is 12.5. The van der Waals surface area contributed by atoms with Crippen molar-refractivity contribution in [2.75, 3.05) is 26.0 Å².